The second-order valence-corrected chi connectivity index (χ2v) is 14.2. The van der Waals surface area contributed by atoms with Crippen molar-refractivity contribution in [2.24, 2.45) is 0 Å². The highest BCUT2D eigenvalue weighted by Gasteiger charge is 2.44. The van der Waals surface area contributed by atoms with E-state index in [9.17, 15) is 0 Å². The molecule has 8 heteroatoms. The Labute approximate surface area is 315 Å². The van der Waals surface area contributed by atoms with Gasteiger partial charge in [-0.05, 0) is 88.7 Å². The van der Waals surface area contributed by atoms with Gasteiger partial charge in [0, 0.05) is 23.7 Å². The summed E-state index contributed by atoms with van der Waals surface area (Å²) >= 11 is 0. The number of rotatable bonds is 7. The Morgan fingerprint density at radius 3 is 1.96 bits per heavy atom. The Morgan fingerprint density at radius 2 is 1.33 bits per heavy atom. The lowest BCUT2D eigenvalue weighted by Gasteiger charge is -2.37. The maximum atomic E-state index is 6.86. The first-order valence-electron chi connectivity index (χ1n) is 18.6. The number of aryl methyl sites for hydroxylation is 3. The molecule has 266 valence electrons. The molecule has 0 N–H and O–H groups in total. The first kappa shape index (κ1) is 33.4. The van der Waals surface area contributed by atoms with E-state index in [4.69, 9.17) is 25.0 Å². The highest BCUT2D eigenvalue weighted by Crippen LogP contribution is 2.48. The summed E-state index contributed by atoms with van der Waals surface area (Å²) in [5.74, 6) is 2.12. The van der Waals surface area contributed by atoms with Crippen molar-refractivity contribution >= 4 is 11.2 Å². The Balaban J connectivity index is 1.35. The Bertz CT molecular complexity index is 2550. The highest BCUT2D eigenvalue weighted by molar-refractivity contribution is 5.79. The van der Waals surface area contributed by atoms with Crippen LogP contribution in [0.2, 0.25) is 0 Å². The van der Waals surface area contributed by atoms with E-state index >= 15 is 0 Å². The standard InChI is InChI=1S/C46H41N7O/c1-6-40-48-43-29(2)26-30(3)47-45(43)52(40)38-27-39-41(32(5)31(38)4)42(37-25-17-16-18-33(37)28-54-39)44-49-50-51-53(44)46(34-19-10-7-11-20-34,35-21-12-8-13-22-35)36-23-14-9-15-24-36/h7-27,42H,6,28H2,1-5H3. The molecule has 0 fully saturated rings. The van der Waals surface area contributed by atoms with Crippen molar-refractivity contribution in [2.75, 3.05) is 0 Å². The summed E-state index contributed by atoms with van der Waals surface area (Å²) in [5, 5.41) is 14.4. The number of aromatic nitrogens is 7. The van der Waals surface area contributed by atoms with Crippen LogP contribution in [0.1, 0.15) is 80.3 Å². The van der Waals surface area contributed by atoms with Crippen molar-refractivity contribution in [3.8, 4) is 11.4 Å². The van der Waals surface area contributed by atoms with Gasteiger partial charge in [-0.2, -0.15) is 0 Å². The molecule has 5 aromatic carbocycles. The predicted octanol–water partition coefficient (Wildman–Crippen LogP) is 9.12. The zero-order valence-electron chi connectivity index (χ0n) is 31.2. The number of hydrogen-bond donors (Lipinski definition) is 0. The molecule has 0 aliphatic carbocycles. The summed E-state index contributed by atoms with van der Waals surface area (Å²) in [4.78, 5) is 10.1. The maximum absolute atomic E-state index is 6.86. The lowest BCUT2D eigenvalue weighted by atomic mass is 9.76. The maximum Gasteiger partial charge on any atom is 0.165 e. The van der Waals surface area contributed by atoms with Crippen LogP contribution in [0, 0.1) is 27.7 Å². The number of hydrogen-bond acceptors (Lipinski definition) is 6. The molecule has 3 aromatic heterocycles. The van der Waals surface area contributed by atoms with Crippen molar-refractivity contribution in [3.63, 3.8) is 0 Å². The second-order valence-electron chi connectivity index (χ2n) is 14.2. The third-order valence-electron chi connectivity index (χ3n) is 11.1. The van der Waals surface area contributed by atoms with Gasteiger partial charge in [0.25, 0.3) is 0 Å². The SMILES string of the molecule is CCc1nc2c(C)cc(C)nc2n1-c1cc2c(c(C)c1C)C(c1nnnn1C(c1ccccc1)(c1ccccc1)c1ccccc1)c1ccccc1CO2. The third kappa shape index (κ3) is 5.08. The molecular formula is C46H41N7O. The van der Waals surface area contributed by atoms with Gasteiger partial charge >= 0.3 is 0 Å². The number of nitrogens with zero attached hydrogens (tertiary/aromatic N) is 7. The second kappa shape index (κ2) is 13.2. The van der Waals surface area contributed by atoms with Gasteiger partial charge < -0.3 is 4.74 Å². The van der Waals surface area contributed by atoms with Gasteiger partial charge in [-0.1, -0.05) is 122 Å². The van der Waals surface area contributed by atoms with E-state index < -0.39 is 5.54 Å². The summed E-state index contributed by atoms with van der Waals surface area (Å²) in [6, 6.07) is 44.5. The highest BCUT2D eigenvalue weighted by atomic mass is 16.5. The van der Waals surface area contributed by atoms with Crippen LogP contribution in [0.25, 0.3) is 16.9 Å². The summed E-state index contributed by atoms with van der Waals surface area (Å²) < 4.78 is 11.1. The summed E-state index contributed by atoms with van der Waals surface area (Å²) in [6.07, 6.45) is 0.759. The van der Waals surface area contributed by atoms with E-state index in [0.717, 1.165) is 96.4 Å². The Hall–Kier alpha value is -6.41. The smallest absolute Gasteiger partial charge is 0.165 e. The molecule has 0 saturated heterocycles. The molecular weight excluding hydrogens is 667 g/mol. The van der Waals surface area contributed by atoms with Crippen LogP contribution in [0.3, 0.4) is 0 Å². The van der Waals surface area contributed by atoms with Gasteiger partial charge in [0.05, 0.1) is 11.6 Å². The summed E-state index contributed by atoms with van der Waals surface area (Å²) in [6.45, 7) is 11.1. The largest absolute Gasteiger partial charge is 0.488 e. The zero-order chi connectivity index (χ0) is 37.0. The van der Waals surface area contributed by atoms with Gasteiger partial charge in [-0.25, -0.2) is 14.6 Å². The van der Waals surface area contributed by atoms with E-state index in [2.05, 4.69) is 170 Å². The van der Waals surface area contributed by atoms with Gasteiger partial charge in [-0.3, -0.25) is 4.57 Å². The number of tetrazole rings is 1. The minimum Gasteiger partial charge on any atom is -0.488 e. The molecule has 8 aromatic rings. The molecule has 0 spiro atoms. The molecule has 54 heavy (non-hydrogen) atoms. The van der Waals surface area contributed by atoms with E-state index in [1.807, 2.05) is 6.92 Å². The number of fused-ring (bicyclic) bond motifs is 3. The van der Waals surface area contributed by atoms with Crippen LogP contribution in [0.4, 0.5) is 0 Å². The van der Waals surface area contributed by atoms with E-state index in [-0.39, 0.29) is 5.92 Å². The summed E-state index contributed by atoms with van der Waals surface area (Å²) in [7, 11) is 0. The predicted molar refractivity (Wildman–Crippen MR) is 211 cm³/mol. The molecule has 0 radical (unpaired) electrons. The van der Waals surface area contributed by atoms with Gasteiger partial charge in [-0.15, -0.1) is 5.10 Å². The molecule has 4 heterocycles. The van der Waals surface area contributed by atoms with Crippen molar-refractivity contribution in [3.05, 3.63) is 195 Å². The van der Waals surface area contributed by atoms with E-state index in [1.54, 1.807) is 0 Å². The van der Waals surface area contributed by atoms with Crippen molar-refractivity contribution in [1.29, 1.82) is 0 Å². The van der Waals surface area contributed by atoms with Gasteiger partial charge in [0.15, 0.2) is 11.5 Å². The first-order valence-corrected chi connectivity index (χ1v) is 18.6. The lowest BCUT2D eigenvalue weighted by Crippen LogP contribution is -2.40. The Morgan fingerprint density at radius 1 is 0.722 bits per heavy atom. The normalized spacial score (nSPS) is 14.0. The zero-order valence-corrected chi connectivity index (χ0v) is 31.2. The van der Waals surface area contributed by atoms with Crippen LogP contribution in [-0.4, -0.2) is 34.7 Å². The number of pyridine rings is 1. The number of imidazole rings is 1. The van der Waals surface area contributed by atoms with E-state index in [1.165, 1.54) is 0 Å². The Kier molecular flexibility index (Phi) is 8.18. The van der Waals surface area contributed by atoms with Crippen LogP contribution >= 0.6 is 0 Å². The quantitative estimate of drug-likeness (QED) is 0.154. The first-order chi connectivity index (χ1) is 26.4. The average molecular weight is 708 g/mol. The van der Waals surface area contributed by atoms with Crippen molar-refractivity contribution in [1.82, 2.24) is 34.7 Å². The van der Waals surface area contributed by atoms with Crippen molar-refractivity contribution < 1.29 is 4.74 Å². The molecule has 1 atom stereocenters. The molecule has 1 aliphatic heterocycles. The van der Waals surface area contributed by atoms with Crippen LogP contribution in [0.5, 0.6) is 5.75 Å². The minimum absolute atomic E-state index is 0.357. The molecule has 0 bridgehead atoms. The van der Waals surface area contributed by atoms with Crippen molar-refractivity contribution in [2.45, 2.75) is 59.1 Å². The van der Waals surface area contributed by atoms with Crippen LogP contribution in [-0.2, 0) is 18.6 Å². The van der Waals surface area contributed by atoms with Gasteiger partial charge in [0.1, 0.15) is 29.2 Å². The molecule has 9 rings (SSSR count). The molecule has 8 nitrogen and oxygen atoms in total. The molecule has 1 aliphatic rings. The minimum atomic E-state index is -0.902. The number of benzene rings is 5. The van der Waals surface area contributed by atoms with Crippen LogP contribution in [0.15, 0.2) is 127 Å². The van der Waals surface area contributed by atoms with Gasteiger partial charge in [0.2, 0.25) is 0 Å². The average Bonchev–Trinajstić information content (AvgIpc) is 3.80. The summed E-state index contributed by atoms with van der Waals surface area (Å²) in [5.41, 5.74) is 12.6. The number of ether oxygens (including phenoxy) is 1. The molecule has 1 unspecified atom stereocenters. The fourth-order valence-electron chi connectivity index (χ4n) is 8.54. The third-order valence-corrected chi connectivity index (χ3v) is 11.1. The van der Waals surface area contributed by atoms with E-state index in [0.29, 0.717) is 6.61 Å². The fraction of sp³-hybridized carbons (Fsp3) is 0.196. The lowest BCUT2D eigenvalue weighted by molar-refractivity contribution is 0.306. The molecule has 0 saturated carbocycles. The topological polar surface area (TPSA) is 83.5 Å². The van der Waals surface area contributed by atoms with Crippen LogP contribution < -0.4 is 4.74 Å². The monoisotopic (exact) mass is 707 g/mol. The molecule has 0 amide bonds. The fourth-order valence-corrected chi connectivity index (χ4v) is 8.54.